The van der Waals surface area contributed by atoms with E-state index < -0.39 is 0 Å². The first-order chi connectivity index (χ1) is 11.4. The van der Waals surface area contributed by atoms with Crippen molar-refractivity contribution in [2.24, 2.45) is 5.92 Å². The van der Waals surface area contributed by atoms with Gasteiger partial charge in [-0.2, -0.15) is 5.10 Å². The van der Waals surface area contributed by atoms with E-state index in [2.05, 4.69) is 16.9 Å². The van der Waals surface area contributed by atoms with Crippen LogP contribution < -0.4 is 5.56 Å². The van der Waals surface area contributed by atoms with Crippen molar-refractivity contribution in [2.75, 3.05) is 27.2 Å². The fourth-order valence-electron chi connectivity index (χ4n) is 3.57. The maximum absolute atomic E-state index is 12.6. The second kappa shape index (κ2) is 6.36. The van der Waals surface area contributed by atoms with E-state index >= 15 is 0 Å². The summed E-state index contributed by atoms with van der Waals surface area (Å²) in [5, 5.41) is 5.78. The maximum Gasteiger partial charge on any atom is 0.275 e. The highest BCUT2D eigenvalue weighted by molar-refractivity contribution is 5.83. The maximum atomic E-state index is 12.6. The number of amides is 1. The van der Waals surface area contributed by atoms with Gasteiger partial charge in [0.2, 0.25) is 5.91 Å². The summed E-state index contributed by atoms with van der Waals surface area (Å²) in [6, 6.07) is 7.75. The van der Waals surface area contributed by atoms with E-state index in [9.17, 15) is 9.59 Å². The van der Waals surface area contributed by atoms with Gasteiger partial charge in [0.05, 0.1) is 11.1 Å². The lowest BCUT2D eigenvalue weighted by Gasteiger charge is -2.22. The first kappa shape index (κ1) is 16.6. The lowest BCUT2D eigenvalue weighted by atomic mass is 10.1. The van der Waals surface area contributed by atoms with Gasteiger partial charge in [-0.15, -0.1) is 0 Å². The van der Waals surface area contributed by atoms with Crippen LogP contribution in [0.5, 0.6) is 0 Å². The van der Waals surface area contributed by atoms with Crippen molar-refractivity contribution < 1.29 is 4.79 Å². The third-order valence-electron chi connectivity index (χ3n) is 4.93. The molecule has 0 N–H and O–H groups in total. The number of nitrogens with zero attached hydrogens (tertiary/aromatic N) is 4. The minimum absolute atomic E-state index is 0.00260. The van der Waals surface area contributed by atoms with Crippen LogP contribution in [0, 0.1) is 12.8 Å². The molecule has 3 rings (SSSR count). The Kier molecular flexibility index (Phi) is 4.41. The Morgan fingerprint density at radius 2 is 1.92 bits per heavy atom. The summed E-state index contributed by atoms with van der Waals surface area (Å²) in [6.07, 6.45) is 0. The van der Waals surface area contributed by atoms with Gasteiger partial charge in [0.25, 0.3) is 5.56 Å². The summed E-state index contributed by atoms with van der Waals surface area (Å²) in [6.45, 7) is 5.44. The number of rotatable bonds is 3. The van der Waals surface area contributed by atoms with Gasteiger partial charge in [-0.05, 0) is 33.0 Å². The summed E-state index contributed by atoms with van der Waals surface area (Å²) < 4.78 is 1.30. The number of likely N-dealkylation sites (tertiary alicyclic amines) is 1. The van der Waals surface area contributed by atoms with Gasteiger partial charge in [0.1, 0.15) is 6.54 Å². The molecule has 0 spiro atoms. The molecular weight excluding hydrogens is 304 g/mol. The minimum Gasteiger partial charge on any atom is -0.339 e. The van der Waals surface area contributed by atoms with E-state index in [0.717, 1.165) is 17.6 Å². The first-order valence-corrected chi connectivity index (χ1v) is 8.29. The van der Waals surface area contributed by atoms with Crippen LogP contribution in [-0.2, 0) is 11.3 Å². The lowest BCUT2D eigenvalue weighted by molar-refractivity contribution is -0.131. The number of carbonyl (C=O) groups excluding carboxylic acids is 1. The summed E-state index contributed by atoms with van der Waals surface area (Å²) >= 11 is 0. The molecule has 2 heterocycles. The summed E-state index contributed by atoms with van der Waals surface area (Å²) in [5.74, 6) is 0.377. The highest BCUT2D eigenvalue weighted by Gasteiger charge is 2.33. The van der Waals surface area contributed by atoms with Crippen molar-refractivity contribution in [1.82, 2.24) is 19.6 Å². The van der Waals surface area contributed by atoms with Gasteiger partial charge >= 0.3 is 0 Å². The molecule has 1 aliphatic rings. The molecular formula is C18H24N4O2. The topological polar surface area (TPSA) is 58.4 Å². The average Bonchev–Trinajstić information content (AvgIpc) is 2.94. The Balaban J connectivity index is 1.84. The SMILES string of the molecule is Cc1nn(CC(=O)N2C[C@@H](N(C)C)[C@@H](C)C2)c(=O)c2ccccc12. The highest BCUT2D eigenvalue weighted by Crippen LogP contribution is 2.20. The molecule has 6 heteroatoms. The highest BCUT2D eigenvalue weighted by atomic mass is 16.2. The molecule has 1 fully saturated rings. The summed E-state index contributed by atoms with van der Waals surface area (Å²) in [7, 11) is 4.07. The smallest absolute Gasteiger partial charge is 0.275 e. The molecule has 24 heavy (non-hydrogen) atoms. The third-order valence-corrected chi connectivity index (χ3v) is 4.93. The van der Waals surface area contributed by atoms with Crippen LogP contribution in [0.2, 0.25) is 0 Å². The van der Waals surface area contributed by atoms with Crippen LogP contribution in [0.4, 0.5) is 0 Å². The second-order valence-corrected chi connectivity index (χ2v) is 6.90. The number of hydrogen-bond donors (Lipinski definition) is 0. The molecule has 0 bridgehead atoms. The van der Waals surface area contributed by atoms with E-state index in [4.69, 9.17) is 0 Å². The van der Waals surface area contributed by atoms with Crippen molar-refractivity contribution in [2.45, 2.75) is 26.4 Å². The quantitative estimate of drug-likeness (QED) is 0.847. The van der Waals surface area contributed by atoms with Crippen molar-refractivity contribution in [3.8, 4) is 0 Å². The molecule has 0 saturated carbocycles. The van der Waals surface area contributed by atoms with Crippen LogP contribution >= 0.6 is 0 Å². The predicted molar refractivity (Wildman–Crippen MR) is 94.0 cm³/mol. The fraction of sp³-hybridized carbons (Fsp3) is 0.500. The van der Waals surface area contributed by atoms with Crippen LogP contribution in [-0.4, -0.2) is 58.7 Å². The molecule has 0 aliphatic carbocycles. The minimum atomic E-state index is -0.207. The molecule has 1 saturated heterocycles. The number of likely N-dealkylation sites (N-methyl/N-ethyl adjacent to an activating group) is 1. The van der Waals surface area contributed by atoms with Gasteiger partial charge in [-0.25, -0.2) is 4.68 Å². The number of hydrogen-bond acceptors (Lipinski definition) is 4. The Labute approximate surface area is 141 Å². The molecule has 1 amide bonds. The van der Waals surface area contributed by atoms with Gasteiger partial charge in [0.15, 0.2) is 0 Å². The van der Waals surface area contributed by atoms with Gasteiger partial charge in [0, 0.05) is 24.5 Å². The molecule has 1 aromatic carbocycles. The fourth-order valence-corrected chi connectivity index (χ4v) is 3.57. The number of aromatic nitrogens is 2. The predicted octanol–water partition coefficient (Wildman–Crippen LogP) is 1.11. The van der Waals surface area contributed by atoms with Crippen LogP contribution in [0.15, 0.2) is 29.1 Å². The molecule has 6 nitrogen and oxygen atoms in total. The van der Waals surface area contributed by atoms with Crippen molar-refractivity contribution in [3.05, 3.63) is 40.3 Å². The Hall–Kier alpha value is -2.21. The third kappa shape index (κ3) is 2.94. The summed E-state index contributed by atoms with van der Waals surface area (Å²) in [4.78, 5) is 29.2. The zero-order valence-corrected chi connectivity index (χ0v) is 14.7. The number of fused-ring (bicyclic) bond motifs is 1. The first-order valence-electron chi connectivity index (χ1n) is 8.29. The normalized spacial score (nSPS) is 21.0. The molecule has 128 valence electrons. The second-order valence-electron chi connectivity index (χ2n) is 6.90. The molecule has 2 atom stereocenters. The Morgan fingerprint density at radius 1 is 1.25 bits per heavy atom. The Morgan fingerprint density at radius 3 is 2.54 bits per heavy atom. The lowest BCUT2D eigenvalue weighted by Crippen LogP contribution is -2.38. The molecule has 0 radical (unpaired) electrons. The van der Waals surface area contributed by atoms with Crippen LogP contribution in [0.25, 0.3) is 10.8 Å². The number of benzene rings is 1. The van der Waals surface area contributed by atoms with Crippen LogP contribution in [0.3, 0.4) is 0 Å². The number of aryl methyl sites for hydroxylation is 1. The van der Waals surface area contributed by atoms with Gasteiger partial charge in [-0.3, -0.25) is 9.59 Å². The molecule has 2 aromatic rings. The average molecular weight is 328 g/mol. The van der Waals surface area contributed by atoms with Crippen molar-refractivity contribution >= 4 is 16.7 Å². The monoisotopic (exact) mass is 328 g/mol. The standard InChI is InChI=1S/C18H24N4O2/c1-12-9-21(10-16(12)20(3)4)17(23)11-22-18(24)15-8-6-5-7-14(15)13(2)19-22/h5-8,12,16H,9-11H2,1-4H3/t12-,16+/m0/s1. The summed E-state index contributed by atoms with van der Waals surface area (Å²) in [5.41, 5.74) is 0.555. The molecule has 0 unspecified atom stereocenters. The van der Waals surface area contributed by atoms with Crippen LogP contribution in [0.1, 0.15) is 12.6 Å². The van der Waals surface area contributed by atoms with E-state index in [-0.39, 0.29) is 18.0 Å². The Bertz CT molecular complexity index is 827. The van der Waals surface area contributed by atoms with E-state index in [1.165, 1.54) is 4.68 Å². The largest absolute Gasteiger partial charge is 0.339 e. The zero-order chi connectivity index (χ0) is 17.4. The van der Waals surface area contributed by atoms with Crippen molar-refractivity contribution in [3.63, 3.8) is 0 Å². The zero-order valence-electron chi connectivity index (χ0n) is 14.7. The molecule has 1 aliphatic heterocycles. The van der Waals surface area contributed by atoms with E-state index in [0.29, 0.717) is 23.9 Å². The number of carbonyl (C=O) groups is 1. The molecule has 1 aromatic heterocycles. The van der Waals surface area contributed by atoms with Gasteiger partial charge < -0.3 is 9.80 Å². The van der Waals surface area contributed by atoms with E-state index in [1.54, 1.807) is 6.07 Å². The van der Waals surface area contributed by atoms with Gasteiger partial charge in [-0.1, -0.05) is 25.1 Å². The van der Waals surface area contributed by atoms with E-state index in [1.807, 2.05) is 44.1 Å². The van der Waals surface area contributed by atoms with Crippen molar-refractivity contribution in [1.29, 1.82) is 0 Å².